The van der Waals surface area contributed by atoms with Crippen LogP contribution in [0.3, 0.4) is 0 Å². The van der Waals surface area contributed by atoms with Gasteiger partial charge in [-0.3, -0.25) is 14.9 Å². The van der Waals surface area contributed by atoms with Gasteiger partial charge in [0.05, 0.1) is 24.9 Å². The summed E-state index contributed by atoms with van der Waals surface area (Å²) in [6.07, 6.45) is 6.79. The summed E-state index contributed by atoms with van der Waals surface area (Å²) in [5.41, 5.74) is -0.527. The number of nitrogens with one attached hydrogen (secondary N) is 1. The first kappa shape index (κ1) is 25.2. The minimum absolute atomic E-state index is 0.00938. The molecule has 5 rings (SSSR count). The van der Waals surface area contributed by atoms with Crippen molar-refractivity contribution in [3.8, 4) is 0 Å². The smallest absolute Gasteiger partial charge is 0.282 e. The third kappa shape index (κ3) is 5.16. The molecular formula is C25H30F2N7O3+. The number of fused-ring (bicyclic) bond motifs is 1. The van der Waals surface area contributed by atoms with Gasteiger partial charge in [-0.2, -0.15) is 9.61 Å². The molecule has 0 bridgehead atoms. The van der Waals surface area contributed by atoms with E-state index in [0.29, 0.717) is 18.1 Å². The highest BCUT2D eigenvalue weighted by molar-refractivity contribution is 6.03. The number of carbonyl (C=O) groups is 1. The van der Waals surface area contributed by atoms with Crippen LogP contribution in [0.5, 0.6) is 0 Å². The summed E-state index contributed by atoms with van der Waals surface area (Å²) in [7, 11) is 1.81. The molecular weight excluding hydrogens is 484 g/mol. The number of halogens is 2. The lowest BCUT2D eigenvalue weighted by atomic mass is 9.80. The lowest BCUT2D eigenvalue weighted by Gasteiger charge is -2.36. The van der Waals surface area contributed by atoms with E-state index in [-0.39, 0.29) is 35.7 Å². The van der Waals surface area contributed by atoms with Crippen LogP contribution in [0, 0.1) is 5.92 Å². The molecule has 2 fully saturated rings. The number of rotatable bonds is 6. The number of aliphatic imine (C=N–C) groups is 1. The molecule has 2 saturated carbocycles. The maximum atomic E-state index is 13.4. The Kier molecular flexibility index (Phi) is 6.40. The van der Waals surface area contributed by atoms with Crippen molar-refractivity contribution in [2.24, 2.45) is 10.9 Å². The molecule has 12 heteroatoms. The van der Waals surface area contributed by atoms with Crippen LogP contribution in [-0.2, 0) is 0 Å². The van der Waals surface area contributed by atoms with Crippen molar-refractivity contribution in [3.63, 3.8) is 0 Å². The maximum absolute atomic E-state index is 13.4. The van der Waals surface area contributed by atoms with Gasteiger partial charge in [-0.25, -0.2) is 18.8 Å². The number of carbonyl (C=O) groups excluding carboxylic acids is 1. The molecule has 3 heterocycles. The Labute approximate surface area is 211 Å². The zero-order valence-electron chi connectivity index (χ0n) is 20.7. The number of aromatic nitrogens is 4. The average molecular weight is 515 g/mol. The molecule has 1 unspecified atom stereocenters. The van der Waals surface area contributed by atoms with Gasteiger partial charge in [-0.15, -0.1) is 0 Å². The fraction of sp³-hybridized carbons (Fsp3) is 0.480. The number of quaternary nitrogens is 1. The van der Waals surface area contributed by atoms with Gasteiger partial charge in [-0.05, 0) is 50.7 Å². The molecule has 2 atom stereocenters. The number of nitrogens with zero attached hydrogens (tertiary/aromatic N) is 5. The van der Waals surface area contributed by atoms with E-state index < -0.39 is 29.0 Å². The van der Waals surface area contributed by atoms with Gasteiger partial charge in [0.1, 0.15) is 17.1 Å². The van der Waals surface area contributed by atoms with Crippen LogP contribution in [0.1, 0.15) is 61.8 Å². The number of aliphatic hydroxyl groups is 1. The normalized spacial score (nSPS) is 23.9. The second-order valence-corrected chi connectivity index (χ2v) is 10.3. The average Bonchev–Trinajstić information content (AvgIpc) is 3.25. The molecule has 196 valence electrons. The number of amides is 1. The molecule has 0 aliphatic heterocycles. The summed E-state index contributed by atoms with van der Waals surface area (Å²) < 4.78 is 29.5. The van der Waals surface area contributed by atoms with Crippen LogP contribution in [0.15, 0.2) is 40.4 Å². The first-order valence-corrected chi connectivity index (χ1v) is 12.4. The third-order valence-electron chi connectivity index (χ3n) is 7.12. The van der Waals surface area contributed by atoms with Crippen LogP contribution in [0.4, 0.5) is 26.1 Å². The van der Waals surface area contributed by atoms with E-state index in [1.807, 2.05) is 0 Å². The zero-order chi connectivity index (χ0) is 26.4. The van der Waals surface area contributed by atoms with E-state index in [2.05, 4.69) is 20.4 Å². The third-order valence-corrected chi connectivity index (χ3v) is 7.12. The minimum atomic E-state index is -2.74. The molecule has 0 aromatic carbocycles. The van der Waals surface area contributed by atoms with Gasteiger partial charge in [-0.1, -0.05) is 0 Å². The molecule has 2 aliphatic carbocycles. The van der Waals surface area contributed by atoms with Gasteiger partial charge in [0, 0.05) is 31.3 Å². The lowest BCUT2D eigenvalue weighted by molar-refractivity contribution is -0.544. The van der Waals surface area contributed by atoms with Crippen molar-refractivity contribution < 1.29 is 24.0 Å². The Hall–Kier alpha value is -3.51. The van der Waals surface area contributed by atoms with Crippen LogP contribution in [-0.4, -0.2) is 55.0 Å². The highest BCUT2D eigenvalue weighted by Crippen LogP contribution is 2.44. The lowest BCUT2D eigenvalue weighted by Crippen LogP contribution is -2.73. The second kappa shape index (κ2) is 9.42. The van der Waals surface area contributed by atoms with Crippen LogP contribution < -0.4 is 16.2 Å². The Morgan fingerprint density at radius 1 is 1.35 bits per heavy atom. The van der Waals surface area contributed by atoms with E-state index in [1.165, 1.54) is 21.5 Å². The van der Waals surface area contributed by atoms with Crippen molar-refractivity contribution in [3.05, 3.63) is 46.5 Å². The highest BCUT2D eigenvalue weighted by Gasteiger charge is 2.46. The maximum Gasteiger partial charge on any atom is 0.282 e. The van der Waals surface area contributed by atoms with Gasteiger partial charge in [0.2, 0.25) is 5.82 Å². The summed E-state index contributed by atoms with van der Waals surface area (Å²) in [6.45, 7) is 1.80. The Bertz CT molecular complexity index is 1420. The van der Waals surface area contributed by atoms with E-state index >= 15 is 0 Å². The quantitative estimate of drug-likeness (QED) is 0.434. The molecule has 3 aromatic heterocycles. The SMILES string of the molecule is C[NH2+]c1cc(Nc2cccn(C3CC(F)(F)C3)c2=O)nc2c(C(=O)N=CC3CCC[C@](C)(O)C3)cnn12. The number of anilines is 2. The van der Waals surface area contributed by atoms with E-state index in [0.717, 1.165) is 19.3 Å². The van der Waals surface area contributed by atoms with Gasteiger partial charge >= 0.3 is 0 Å². The largest absolute Gasteiger partial charge is 0.390 e. The monoisotopic (exact) mass is 514 g/mol. The van der Waals surface area contributed by atoms with Crippen LogP contribution in [0.25, 0.3) is 5.65 Å². The van der Waals surface area contributed by atoms with Crippen molar-refractivity contribution >= 4 is 35.1 Å². The highest BCUT2D eigenvalue weighted by atomic mass is 19.3. The summed E-state index contributed by atoms with van der Waals surface area (Å²) in [5.74, 6) is -2.30. The zero-order valence-corrected chi connectivity index (χ0v) is 20.7. The molecule has 3 aromatic rings. The first-order valence-electron chi connectivity index (χ1n) is 12.4. The predicted octanol–water partition coefficient (Wildman–Crippen LogP) is 2.58. The first-order chi connectivity index (χ1) is 17.5. The Morgan fingerprint density at radius 2 is 2.14 bits per heavy atom. The molecule has 0 spiro atoms. The summed E-state index contributed by atoms with van der Waals surface area (Å²) >= 11 is 0. The topological polar surface area (TPSA) is 130 Å². The number of hydrogen-bond donors (Lipinski definition) is 3. The Balaban J connectivity index is 1.41. The van der Waals surface area contributed by atoms with Gasteiger partial charge < -0.3 is 15.0 Å². The molecule has 0 radical (unpaired) electrons. The molecule has 2 aliphatic rings. The fourth-order valence-electron chi connectivity index (χ4n) is 5.15. The van der Waals surface area contributed by atoms with Crippen molar-refractivity contribution in [2.75, 3.05) is 12.4 Å². The van der Waals surface area contributed by atoms with Crippen molar-refractivity contribution in [1.82, 2.24) is 19.2 Å². The second-order valence-electron chi connectivity index (χ2n) is 10.3. The summed E-state index contributed by atoms with van der Waals surface area (Å²) in [6, 6.07) is 4.30. The van der Waals surface area contributed by atoms with Gasteiger partial charge in [0.25, 0.3) is 17.4 Å². The minimum Gasteiger partial charge on any atom is -0.390 e. The van der Waals surface area contributed by atoms with Crippen molar-refractivity contribution in [1.29, 1.82) is 0 Å². The van der Waals surface area contributed by atoms with Crippen LogP contribution >= 0.6 is 0 Å². The molecule has 0 saturated heterocycles. The molecule has 37 heavy (non-hydrogen) atoms. The van der Waals surface area contributed by atoms with Crippen LogP contribution in [0.2, 0.25) is 0 Å². The van der Waals surface area contributed by atoms with Gasteiger partial charge in [0.15, 0.2) is 5.65 Å². The summed E-state index contributed by atoms with van der Waals surface area (Å²) in [5, 5.41) is 19.4. The Morgan fingerprint density at radius 3 is 2.84 bits per heavy atom. The standard InChI is InChI=1S/C25H29F2N7O3/c1-24(37)7-3-5-15(10-24)13-29-22(35)17-14-30-34-20(28-2)9-19(32-21(17)34)31-18-6-4-8-33(23(18)36)16-11-25(26,27)12-16/h4,6,8-9,13-16,28,37H,3,5,7,10-12H2,1-2H3,(H,31,32)/p+1/t15?,24-/m0/s1. The van der Waals surface area contributed by atoms with E-state index in [1.54, 1.807) is 43.7 Å². The molecule has 1 amide bonds. The number of alkyl halides is 2. The summed E-state index contributed by atoms with van der Waals surface area (Å²) in [4.78, 5) is 34.6. The van der Waals surface area contributed by atoms with Crippen molar-refractivity contribution in [2.45, 2.75) is 63.0 Å². The number of hydrogen-bond acceptors (Lipinski definition) is 6. The number of pyridine rings is 1. The van der Waals surface area contributed by atoms with E-state index in [4.69, 9.17) is 0 Å². The predicted molar refractivity (Wildman–Crippen MR) is 133 cm³/mol. The fourth-order valence-corrected chi connectivity index (χ4v) is 5.15. The number of nitrogens with two attached hydrogens (primary N) is 1. The molecule has 4 N–H and O–H groups in total. The van der Waals surface area contributed by atoms with E-state index in [9.17, 15) is 23.5 Å². The molecule has 10 nitrogen and oxygen atoms in total.